The number of pyridine rings is 3. The topological polar surface area (TPSA) is 129 Å². The molecule has 4 aliphatic heterocycles. The number of aromatic nitrogens is 6. The van der Waals surface area contributed by atoms with Crippen molar-refractivity contribution in [3.05, 3.63) is 77.6 Å². The number of likely N-dealkylation sites (tertiary alicyclic amines) is 1. The first-order valence-electron chi connectivity index (χ1n) is 16.2. The van der Waals surface area contributed by atoms with Gasteiger partial charge in [0.1, 0.15) is 18.0 Å². The highest BCUT2D eigenvalue weighted by Gasteiger charge is 2.51. The number of rotatable bonds is 6. The molecule has 1 spiro atoms. The molecule has 0 aromatic carbocycles. The summed E-state index contributed by atoms with van der Waals surface area (Å²) in [7, 11) is 1.84. The minimum atomic E-state index is -0.471. The first-order valence-corrected chi connectivity index (χ1v) is 16.2. The number of fused-ring (bicyclic) bond motifs is 1. The van der Waals surface area contributed by atoms with Crippen molar-refractivity contribution in [3.8, 4) is 11.4 Å². The van der Waals surface area contributed by atoms with Crippen LogP contribution in [0.5, 0.6) is 0 Å². The van der Waals surface area contributed by atoms with Gasteiger partial charge in [0.25, 0.3) is 0 Å². The third-order valence-corrected chi connectivity index (χ3v) is 9.91. The van der Waals surface area contributed by atoms with Crippen LogP contribution in [0.15, 0.2) is 60.1 Å². The zero-order valence-electron chi connectivity index (χ0n) is 26.7. The fraction of sp³-hybridized carbons (Fsp3) is 0.412. The van der Waals surface area contributed by atoms with Crippen molar-refractivity contribution in [2.45, 2.75) is 26.3 Å². The molecule has 1 atom stereocenters. The Labute approximate surface area is 273 Å². The molecule has 3 fully saturated rings. The molecule has 3 saturated heterocycles. The Morgan fingerprint density at radius 1 is 0.915 bits per heavy atom. The molecule has 0 bridgehead atoms. The van der Waals surface area contributed by atoms with E-state index in [2.05, 4.69) is 29.9 Å². The van der Waals surface area contributed by atoms with E-state index in [9.17, 15) is 9.59 Å². The maximum atomic E-state index is 13.9. The van der Waals surface area contributed by atoms with Crippen LogP contribution in [0.4, 0.5) is 11.6 Å². The molecule has 47 heavy (non-hydrogen) atoms. The second-order valence-electron chi connectivity index (χ2n) is 13.0. The van der Waals surface area contributed by atoms with Gasteiger partial charge in [0.05, 0.1) is 29.9 Å². The minimum absolute atomic E-state index is 0.113. The van der Waals surface area contributed by atoms with Gasteiger partial charge in [-0.25, -0.2) is 15.0 Å². The molecule has 0 unspecified atom stereocenters. The first kappa shape index (κ1) is 29.4. The Morgan fingerprint density at radius 2 is 1.74 bits per heavy atom. The molecule has 13 heteroatoms. The summed E-state index contributed by atoms with van der Waals surface area (Å²) in [6, 6.07) is 11.9. The lowest BCUT2D eigenvalue weighted by atomic mass is 9.85. The predicted octanol–water partition coefficient (Wildman–Crippen LogP) is 2.10. The zero-order chi connectivity index (χ0) is 32.1. The van der Waals surface area contributed by atoms with Crippen LogP contribution in [0.25, 0.3) is 11.4 Å². The molecule has 0 N–H and O–H groups in total. The Balaban J connectivity index is 0.865. The van der Waals surface area contributed by atoms with Crippen LogP contribution >= 0.6 is 0 Å². The molecule has 4 aromatic rings. The number of aliphatic imine (C=N–C) groups is 1. The van der Waals surface area contributed by atoms with E-state index in [1.54, 1.807) is 23.4 Å². The summed E-state index contributed by atoms with van der Waals surface area (Å²) >= 11 is 0. The molecule has 240 valence electrons. The van der Waals surface area contributed by atoms with Gasteiger partial charge in [-0.05, 0) is 56.6 Å². The smallest absolute Gasteiger partial charge is 0.236 e. The standard InChI is InChI=1S/C34H37N11O2/c1-23-17-24(7-10-35-23)30-31-25(18-37-30)3-6-28(39-31)45-12-9-34(33(45)47)8-11-42(21-34)20-29(46)44-15-13-43(14-16-44)27-5-4-26(19-36-27)32-38-22-41(2)40-32/h3-7,10,17,19,22H,8-9,11-16,18,20-21H2,1-2H3/t34-/m0/s1. The van der Waals surface area contributed by atoms with Gasteiger partial charge in [0, 0.05) is 81.1 Å². The quantitative estimate of drug-likeness (QED) is 0.314. The molecule has 8 heterocycles. The second-order valence-corrected chi connectivity index (χ2v) is 13.0. The second kappa shape index (κ2) is 11.6. The Bertz CT molecular complexity index is 1880. The molecule has 0 aliphatic carbocycles. The van der Waals surface area contributed by atoms with Crippen LogP contribution in [-0.2, 0) is 23.2 Å². The molecule has 4 aliphatic rings. The third kappa shape index (κ3) is 5.43. The lowest BCUT2D eigenvalue weighted by Gasteiger charge is -2.36. The SMILES string of the molecule is Cc1cc(C2=NCc3ccc(N4CC[C@]5(CCN(CC(=O)N6CCN(c7ccc(-c8ncn(C)n8)cn7)CC6)C5)C4=O)nc32)ccn1. The van der Waals surface area contributed by atoms with Gasteiger partial charge in [-0.2, -0.15) is 5.10 Å². The fourth-order valence-electron chi connectivity index (χ4n) is 7.28. The van der Waals surface area contributed by atoms with Crippen molar-refractivity contribution in [1.82, 2.24) is 39.5 Å². The van der Waals surface area contributed by atoms with Gasteiger partial charge >= 0.3 is 0 Å². The van der Waals surface area contributed by atoms with E-state index in [1.165, 1.54) is 0 Å². The normalized spacial score (nSPS) is 21.2. The monoisotopic (exact) mass is 631 g/mol. The van der Waals surface area contributed by atoms with Gasteiger partial charge in [0.15, 0.2) is 5.82 Å². The highest BCUT2D eigenvalue weighted by atomic mass is 16.2. The van der Waals surface area contributed by atoms with Crippen molar-refractivity contribution in [2.24, 2.45) is 17.5 Å². The van der Waals surface area contributed by atoms with Crippen LogP contribution in [0.1, 0.15) is 35.4 Å². The van der Waals surface area contributed by atoms with E-state index < -0.39 is 5.41 Å². The lowest BCUT2D eigenvalue weighted by molar-refractivity contribution is -0.133. The molecule has 8 rings (SSSR count). The zero-order valence-corrected chi connectivity index (χ0v) is 26.7. The number of hydrogen-bond donors (Lipinski definition) is 0. The highest BCUT2D eigenvalue weighted by molar-refractivity contribution is 6.14. The average Bonchev–Trinajstić information content (AvgIpc) is 3.88. The van der Waals surface area contributed by atoms with Gasteiger partial charge in [0.2, 0.25) is 11.8 Å². The Morgan fingerprint density at radius 3 is 2.51 bits per heavy atom. The van der Waals surface area contributed by atoms with Crippen molar-refractivity contribution < 1.29 is 9.59 Å². The molecule has 0 saturated carbocycles. The fourth-order valence-corrected chi connectivity index (χ4v) is 7.28. The van der Waals surface area contributed by atoms with E-state index in [0.29, 0.717) is 50.9 Å². The summed E-state index contributed by atoms with van der Waals surface area (Å²) in [4.78, 5) is 58.4. The van der Waals surface area contributed by atoms with Crippen molar-refractivity contribution >= 4 is 29.2 Å². The summed E-state index contributed by atoms with van der Waals surface area (Å²) in [5.41, 5.74) is 5.09. The number of amides is 2. The number of anilines is 2. The van der Waals surface area contributed by atoms with Gasteiger partial charge in [-0.3, -0.25) is 34.0 Å². The highest BCUT2D eigenvalue weighted by Crippen LogP contribution is 2.42. The number of carbonyl (C=O) groups is 2. The number of aryl methyl sites for hydroxylation is 2. The van der Waals surface area contributed by atoms with E-state index in [0.717, 1.165) is 72.1 Å². The largest absolute Gasteiger partial charge is 0.353 e. The van der Waals surface area contributed by atoms with Crippen LogP contribution in [0.3, 0.4) is 0 Å². The van der Waals surface area contributed by atoms with E-state index >= 15 is 0 Å². The molecule has 0 radical (unpaired) electrons. The minimum Gasteiger partial charge on any atom is -0.353 e. The molecular weight excluding hydrogens is 594 g/mol. The van der Waals surface area contributed by atoms with E-state index in [4.69, 9.17) is 9.98 Å². The Hall–Kier alpha value is -5.04. The number of nitrogens with zero attached hydrogens (tertiary/aromatic N) is 11. The van der Waals surface area contributed by atoms with Crippen molar-refractivity contribution in [1.29, 1.82) is 0 Å². The molecule has 4 aromatic heterocycles. The maximum Gasteiger partial charge on any atom is 0.236 e. The van der Waals surface area contributed by atoms with Crippen molar-refractivity contribution in [2.75, 3.05) is 62.2 Å². The molecule has 13 nitrogen and oxygen atoms in total. The average molecular weight is 632 g/mol. The van der Waals surface area contributed by atoms with E-state index in [-0.39, 0.29) is 11.8 Å². The Kier molecular flexibility index (Phi) is 7.27. The molecular formula is C34H37N11O2. The van der Waals surface area contributed by atoms with Crippen molar-refractivity contribution in [3.63, 3.8) is 0 Å². The number of piperazine rings is 1. The van der Waals surface area contributed by atoms with Crippen LogP contribution in [0.2, 0.25) is 0 Å². The number of hydrogen-bond acceptors (Lipinski definition) is 10. The van der Waals surface area contributed by atoms with Crippen LogP contribution in [-0.4, -0.2) is 109 Å². The number of carbonyl (C=O) groups excluding carboxylic acids is 2. The van der Waals surface area contributed by atoms with E-state index in [1.807, 2.05) is 60.2 Å². The summed E-state index contributed by atoms with van der Waals surface area (Å²) in [5.74, 6) is 2.44. The summed E-state index contributed by atoms with van der Waals surface area (Å²) in [5, 5.41) is 4.34. The van der Waals surface area contributed by atoms with Gasteiger partial charge in [-0.1, -0.05) is 6.07 Å². The summed E-state index contributed by atoms with van der Waals surface area (Å²) < 4.78 is 1.67. The summed E-state index contributed by atoms with van der Waals surface area (Å²) in [6.45, 7) is 7.58. The summed E-state index contributed by atoms with van der Waals surface area (Å²) in [6.07, 6.45) is 6.78. The maximum absolute atomic E-state index is 13.9. The van der Waals surface area contributed by atoms with Crippen LogP contribution < -0.4 is 9.80 Å². The first-order chi connectivity index (χ1) is 22.8. The predicted molar refractivity (Wildman–Crippen MR) is 176 cm³/mol. The van der Waals surface area contributed by atoms with Gasteiger partial charge < -0.3 is 9.80 Å². The lowest BCUT2D eigenvalue weighted by Crippen LogP contribution is -2.51. The van der Waals surface area contributed by atoms with Gasteiger partial charge in [-0.15, -0.1) is 0 Å². The molecule has 2 amide bonds. The third-order valence-electron chi connectivity index (χ3n) is 9.91. The van der Waals surface area contributed by atoms with Crippen LogP contribution in [0, 0.1) is 12.3 Å².